The van der Waals surface area contributed by atoms with Gasteiger partial charge in [0.2, 0.25) is 0 Å². The number of amides is 1. The van der Waals surface area contributed by atoms with E-state index in [-0.39, 0.29) is 12.5 Å². The van der Waals surface area contributed by atoms with Gasteiger partial charge in [-0.2, -0.15) is 0 Å². The van der Waals surface area contributed by atoms with Crippen molar-refractivity contribution in [2.24, 2.45) is 0 Å². The minimum atomic E-state index is -0.264. The van der Waals surface area contributed by atoms with Crippen LogP contribution in [0.15, 0.2) is 42.5 Å². The average molecular weight is 354 g/mol. The summed E-state index contributed by atoms with van der Waals surface area (Å²) in [5, 5.41) is 3.63. The van der Waals surface area contributed by atoms with Crippen LogP contribution in [0, 0.1) is 0 Å². The molecular weight excluding hydrogens is 337 g/mol. The molecule has 4 nitrogen and oxygen atoms in total. The molecule has 1 amide bonds. The van der Waals surface area contributed by atoms with Crippen molar-refractivity contribution in [1.29, 1.82) is 0 Å². The smallest absolute Gasteiger partial charge is 0.262 e. The zero-order chi connectivity index (χ0) is 16.7. The number of carbonyl (C=O) groups excluding carboxylic acids is 1. The molecule has 0 spiro atoms. The number of rotatable bonds is 7. The third-order valence-electron chi connectivity index (χ3n) is 3.01. The summed E-state index contributed by atoms with van der Waals surface area (Å²) in [6, 6.07) is 12.3. The second kappa shape index (κ2) is 8.77. The van der Waals surface area contributed by atoms with E-state index >= 15 is 0 Å². The van der Waals surface area contributed by atoms with Crippen molar-refractivity contribution < 1.29 is 14.3 Å². The fourth-order valence-corrected chi connectivity index (χ4v) is 2.17. The summed E-state index contributed by atoms with van der Waals surface area (Å²) >= 11 is 11.7. The maximum Gasteiger partial charge on any atom is 0.262 e. The van der Waals surface area contributed by atoms with Crippen LogP contribution in [0.25, 0.3) is 0 Å². The first-order valence-corrected chi connectivity index (χ1v) is 7.89. The second-order valence-corrected chi connectivity index (χ2v) is 5.52. The summed E-state index contributed by atoms with van der Waals surface area (Å²) in [6.07, 6.45) is 0. The number of hydrogen-bond donors (Lipinski definition) is 1. The molecule has 0 aliphatic rings. The van der Waals surface area contributed by atoms with E-state index in [1.807, 2.05) is 31.2 Å². The Labute approximate surface area is 145 Å². The minimum Gasteiger partial charge on any atom is -0.484 e. The molecule has 0 unspecified atom stereocenters. The Morgan fingerprint density at radius 2 is 1.91 bits per heavy atom. The third-order valence-corrected chi connectivity index (χ3v) is 3.75. The number of carbonyl (C=O) groups is 1. The van der Waals surface area contributed by atoms with Crippen molar-refractivity contribution in [1.82, 2.24) is 0 Å². The van der Waals surface area contributed by atoms with Gasteiger partial charge in [0.05, 0.1) is 16.7 Å². The number of ether oxygens (including phenoxy) is 2. The molecule has 0 aromatic heterocycles. The Bertz CT molecular complexity index is 677. The first-order chi connectivity index (χ1) is 11.1. The predicted octanol–water partition coefficient (Wildman–Crippen LogP) is 4.55. The number of benzene rings is 2. The molecule has 6 heteroatoms. The quantitative estimate of drug-likeness (QED) is 0.794. The van der Waals surface area contributed by atoms with Crippen molar-refractivity contribution >= 4 is 34.8 Å². The van der Waals surface area contributed by atoms with Crippen molar-refractivity contribution in [3.8, 4) is 5.75 Å². The van der Waals surface area contributed by atoms with E-state index in [4.69, 9.17) is 32.7 Å². The van der Waals surface area contributed by atoms with E-state index in [0.717, 1.165) is 5.56 Å². The van der Waals surface area contributed by atoms with Gasteiger partial charge in [-0.1, -0.05) is 41.4 Å². The molecule has 2 aromatic rings. The molecule has 0 bridgehead atoms. The lowest BCUT2D eigenvalue weighted by Gasteiger charge is -2.12. The summed E-state index contributed by atoms with van der Waals surface area (Å²) in [5.41, 5.74) is 1.63. The van der Waals surface area contributed by atoms with Crippen LogP contribution < -0.4 is 10.1 Å². The minimum absolute atomic E-state index is 0.124. The Morgan fingerprint density at radius 3 is 2.65 bits per heavy atom. The van der Waals surface area contributed by atoms with E-state index in [2.05, 4.69) is 5.32 Å². The highest BCUT2D eigenvalue weighted by Gasteiger charge is 2.08. The molecule has 0 atom stereocenters. The van der Waals surface area contributed by atoms with Crippen LogP contribution in [-0.4, -0.2) is 19.1 Å². The molecule has 0 aliphatic heterocycles. The second-order valence-electron chi connectivity index (χ2n) is 4.71. The SMILES string of the molecule is CCOCc1ccccc1NC(=O)COc1ccc(Cl)c(Cl)c1. The van der Waals surface area contributed by atoms with Crippen LogP contribution in [0.3, 0.4) is 0 Å². The molecule has 2 aromatic carbocycles. The van der Waals surface area contributed by atoms with Gasteiger partial charge in [0.25, 0.3) is 5.91 Å². The summed E-state index contributed by atoms with van der Waals surface area (Å²) < 4.78 is 10.8. The zero-order valence-corrected chi connectivity index (χ0v) is 14.2. The molecule has 0 saturated carbocycles. The average Bonchev–Trinajstić information content (AvgIpc) is 2.55. The Balaban J connectivity index is 1.93. The molecule has 0 heterocycles. The molecule has 0 fully saturated rings. The molecule has 122 valence electrons. The van der Waals surface area contributed by atoms with Crippen LogP contribution in [0.4, 0.5) is 5.69 Å². The largest absolute Gasteiger partial charge is 0.484 e. The van der Waals surface area contributed by atoms with E-state index < -0.39 is 0 Å². The summed E-state index contributed by atoms with van der Waals surface area (Å²) in [7, 11) is 0. The maximum atomic E-state index is 12.0. The van der Waals surface area contributed by atoms with E-state index in [9.17, 15) is 4.79 Å². The number of hydrogen-bond acceptors (Lipinski definition) is 3. The fraction of sp³-hybridized carbons (Fsp3) is 0.235. The maximum absolute atomic E-state index is 12.0. The lowest BCUT2D eigenvalue weighted by molar-refractivity contribution is -0.118. The van der Waals surface area contributed by atoms with Gasteiger partial charge in [-0.3, -0.25) is 4.79 Å². The van der Waals surface area contributed by atoms with E-state index in [1.54, 1.807) is 18.2 Å². The summed E-state index contributed by atoms with van der Waals surface area (Å²) in [5.74, 6) is 0.220. The monoisotopic (exact) mass is 353 g/mol. The van der Waals surface area contributed by atoms with Crippen LogP contribution in [0.1, 0.15) is 12.5 Å². The molecule has 23 heavy (non-hydrogen) atoms. The van der Waals surface area contributed by atoms with E-state index in [1.165, 1.54) is 0 Å². The molecule has 1 N–H and O–H groups in total. The van der Waals surface area contributed by atoms with Crippen LogP contribution >= 0.6 is 23.2 Å². The van der Waals surface area contributed by atoms with Gasteiger partial charge in [-0.15, -0.1) is 0 Å². The Morgan fingerprint density at radius 1 is 1.13 bits per heavy atom. The van der Waals surface area contributed by atoms with Gasteiger partial charge < -0.3 is 14.8 Å². The molecule has 0 radical (unpaired) electrons. The Hall–Kier alpha value is -1.75. The normalized spacial score (nSPS) is 10.4. The summed E-state index contributed by atoms with van der Waals surface area (Å²) in [4.78, 5) is 12.0. The first-order valence-electron chi connectivity index (χ1n) is 7.13. The highest BCUT2D eigenvalue weighted by atomic mass is 35.5. The van der Waals surface area contributed by atoms with Gasteiger partial charge in [0.15, 0.2) is 6.61 Å². The molecule has 2 rings (SSSR count). The van der Waals surface area contributed by atoms with E-state index in [0.29, 0.717) is 34.7 Å². The third kappa shape index (κ3) is 5.43. The van der Waals surface area contributed by atoms with Gasteiger partial charge in [-0.25, -0.2) is 0 Å². The lowest BCUT2D eigenvalue weighted by atomic mass is 10.2. The predicted molar refractivity (Wildman–Crippen MR) is 92.4 cm³/mol. The van der Waals surface area contributed by atoms with Crippen molar-refractivity contribution in [3.05, 3.63) is 58.1 Å². The van der Waals surface area contributed by atoms with Gasteiger partial charge in [0.1, 0.15) is 5.75 Å². The van der Waals surface area contributed by atoms with Crippen LogP contribution in [0.2, 0.25) is 10.0 Å². The zero-order valence-electron chi connectivity index (χ0n) is 12.6. The molecule has 0 aliphatic carbocycles. The standard InChI is InChI=1S/C17H17Cl2NO3/c1-2-22-10-12-5-3-4-6-16(12)20-17(21)11-23-13-7-8-14(18)15(19)9-13/h3-9H,2,10-11H2,1H3,(H,20,21). The highest BCUT2D eigenvalue weighted by Crippen LogP contribution is 2.26. The van der Waals surface area contributed by atoms with Crippen molar-refractivity contribution in [2.45, 2.75) is 13.5 Å². The number of halogens is 2. The lowest BCUT2D eigenvalue weighted by Crippen LogP contribution is -2.21. The fourth-order valence-electron chi connectivity index (χ4n) is 1.88. The van der Waals surface area contributed by atoms with Gasteiger partial charge >= 0.3 is 0 Å². The van der Waals surface area contributed by atoms with Crippen LogP contribution in [0.5, 0.6) is 5.75 Å². The number of para-hydroxylation sites is 1. The molecule has 0 saturated heterocycles. The first kappa shape index (κ1) is 17.6. The summed E-state index contributed by atoms with van der Waals surface area (Å²) in [6.45, 7) is 2.86. The van der Waals surface area contributed by atoms with Gasteiger partial charge in [-0.05, 0) is 25.1 Å². The van der Waals surface area contributed by atoms with Crippen molar-refractivity contribution in [2.75, 3.05) is 18.5 Å². The highest BCUT2D eigenvalue weighted by molar-refractivity contribution is 6.42. The Kier molecular flexibility index (Phi) is 6.71. The number of nitrogens with one attached hydrogen (secondary N) is 1. The van der Waals surface area contributed by atoms with Crippen molar-refractivity contribution in [3.63, 3.8) is 0 Å². The topological polar surface area (TPSA) is 47.6 Å². The van der Waals surface area contributed by atoms with Crippen LogP contribution in [-0.2, 0) is 16.1 Å². The van der Waals surface area contributed by atoms with Gasteiger partial charge in [0, 0.05) is 23.9 Å². The molecular formula is C17H17Cl2NO3. The number of anilines is 1.